The fourth-order valence-corrected chi connectivity index (χ4v) is 8.61. The Kier molecular flexibility index (Phi) is 47.1. The minimum Gasteiger partial charge on any atom is -0.462 e. The third-order valence-corrected chi connectivity index (χ3v) is 13.3. The van der Waals surface area contributed by atoms with E-state index in [0.29, 0.717) is 19.3 Å². The maximum Gasteiger partial charge on any atom is 0.306 e. The van der Waals surface area contributed by atoms with Crippen molar-refractivity contribution in [3.63, 3.8) is 0 Å². The summed E-state index contributed by atoms with van der Waals surface area (Å²) in [6, 6.07) is 0. The third kappa shape index (κ3) is 49.7. The van der Waals surface area contributed by atoms with Crippen LogP contribution in [0.1, 0.15) is 311 Å². The molecule has 0 saturated carbocycles. The first kappa shape index (κ1) is 61.4. The average molecular weight is 892 g/mol. The first-order valence-corrected chi connectivity index (χ1v) is 28.1. The summed E-state index contributed by atoms with van der Waals surface area (Å²) in [6.07, 6.45) is 49.5. The van der Waals surface area contributed by atoms with Crippen LogP contribution in [-0.2, 0) is 28.6 Å². The van der Waals surface area contributed by atoms with E-state index in [2.05, 4.69) is 41.5 Å². The fraction of sp³-hybridized carbons (Fsp3) is 0.947. The zero-order valence-electron chi connectivity index (χ0n) is 43.4. The molecule has 0 saturated heterocycles. The van der Waals surface area contributed by atoms with Crippen LogP contribution in [0.5, 0.6) is 0 Å². The molecular weight excluding hydrogens is 781 g/mol. The molecule has 0 amide bonds. The first-order chi connectivity index (χ1) is 30.6. The fourth-order valence-electron chi connectivity index (χ4n) is 8.61. The highest BCUT2D eigenvalue weighted by Crippen LogP contribution is 2.18. The Labute approximate surface area is 393 Å². The lowest BCUT2D eigenvalue weighted by molar-refractivity contribution is -0.167. The minimum absolute atomic E-state index is 0.0641. The third-order valence-electron chi connectivity index (χ3n) is 13.3. The van der Waals surface area contributed by atoms with Gasteiger partial charge in [-0.15, -0.1) is 0 Å². The molecule has 0 rings (SSSR count). The number of unbranched alkanes of at least 4 members (excludes halogenated alkanes) is 32. The van der Waals surface area contributed by atoms with Crippen LogP contribution in [0.25, 0.3) is 0 Å². The summed E-state index contributed by atoms with van der Waals surface area (Å²) < 4.78 is 16.9. The molecule has 2 atom stereocenters. The predicted molar refractivity (Wildman–Crippen MR) is 270 cm³/mol. The smallest absolute Gasteiger partial charge is 0.306 e. The summed E-state index contributed by atoms with van der Waals surface area (Å²) in [5.74, 6) is 1.68. The van der Waals surface area contributed by atoms with Gasteiger partial charge in [0.2, 0.25) is 0 Å². The van der Waals surface area contributed by atoms with Gasteiger partial charge in [0, 0.05) is 19.3 Å². The van der Waals surface area contributed by atoms with E-state index in [9.17, 15) is 14.4 Å². The highest BCUT2D eigenvalue weighted by molar-refractivity contribution is 5.71. The lowest BCUT2D eigenvalue weighted by Gasteiger charge is -2.18. The molecule has 0 aromatic carbocycles. The Bertz CT molecular complexity index is 978. The summed E-state index contributed by atoms with van der Waals surface area (Å²) in [7, 11) is 0. The Balaban J connectivity index is 4.28. The Hall–Kier alpha value is -1.59. The summed E-state index contributed by atoms with van der Waals surface area (Å²) in [5, 5.41) is 0. The van der Waals surface area contributed by atoms with Crippen molar-refractivity contribution in [2.45, 2.75) is 317 Å². The van der Waals surface area contributed by atoms with Gasteiger partial charge >= 0.3 is 17.9 Å². The molecule has 6 heteroatoms. The van der Waals surface area contributed by atoms with Crippen molar-refractivity contribution in [3.8, 4) is 0 Å². The average Bonchev–Trinajstić information content (AvgIpc) is 3.25. The van der Waals surface area contributed by atoms with Crippen molar-refractivity contribution in [1.29, 1.82) is 0 Å². The maximum atomic E-state index is 12.8. The quantitative estimate of drug-likeness (QED) is 0.0344. The molecule has 0 aromatic heterocycles. The van der Waals surface area contributed by atoms with Gasteiger partial charge in [-0.05, 0) is 37.0 Å². The van der Waals surface area contributed by atoms with Crippen molar-refractivity contribution in [2.75, 3.05) is 13.2 Å². The van der Waals surface area contributed by atoms with Gasteiger partial charge in [0.05, 0.1) is 0 Å². The molecule has 0 fully saturated rings. The van der Waals surface area contributed by atoms with Gasteiger partial charge in [-0.2, -0.15) is 0 Å². The Morgan fingerprint density at radius 2 is 0.556 bits per heavy atom. The van der Waals surface area contributed by atoms with Crippen LogP contribution in [0, 0.1) is 17.8 Å². The largest absolute Gasteiger partial charge is 0.462 e. The predicted octanol–water partition coefficient (Wildman–Crippen LogP) is 18.3. The monoisotopic (exact) mass is 891 g/mol. The highest BCUT2D eigenvalue weighted by atomic mass is 16.6. The number of rotatable bonds is 50. The van der Waals surface area contributed by atoms with Crippen molar-refractivity contribution in [2.24, 2.45) is 17.8 Å². The van der Waals surface area contributed by atoms with Crippen LogP contribution in [0.3, 0.4) is 0 Å². The van der Waals surface area contributed by atoms with E-state index >= 15 is 0 Å². The highest BCUT2D eigenvalue weighted by Gasteiger charge is 2.19. The molecule has 1 unspecified atom stereocenters. The molecule has 0 aliphatic rings. The molecule has 0 aliphatic heterocycles. The van der Waals surface area contributed by atoms with E-state index in [4.69, 9.17) is 14.2 Å². The zero-order valence-corrected chi connectivity index (χ0v) is 43.4. The lowest BCUT2D eigenvalue weighted by Crippen LogP contribution is -2.30. The molecule has 6 nitrogen and oxygen atoms in total. The molecule has 374 valence electrons. The lowest BCUT2D eigenvalue weighted by atomic mass is 9.99. The SMILES string of the molecule is CCC(C)CCCCCCCCCCC(=O)OC[C@H](COC(=O)CCCCCCCCCCCCCCCCCCC(C)C)OC(=O)CCCCCCCCCCCCCC(C)C. The van der Waals surface area contributed by atoms with Crippen LogP contribution in [-0.4, -0.2) is 37.2 Å². The minimum atomic E-state index is -0.763. The van der Waals surface area contributed by atoms with Crippen molar-refractivity contribution >= 4 is 17.9 Å². The normalized spacial score (nSPS) is 12.6. The van der Waals surface area contributed by atoms with Crippen LogP contribution in [0.15, 0.2) is 0 Å². The summed E-state index contributed by atoms with van der Waals surface area (Å²) in [5.41, 5.74) is 0. The van der Waals surface area contributed by atoms with Gasteiger partial charge in [0.1, 0.15) is 13.2 Å². The van der Waals surface area contributed by atoms with Crippen LogP contribution in [0.2, 0.25) is 0 Å². The molecule has 0 N–H and O–H groups in total. The number of ether oxygens (including phenoxy) is 3. The Morgan fingerprint density at radius 1 is 0.317 bits per heavy atom. The molecule has 0 radical (unpaired) electrons. The van der Waals surface area contributed by atoms with Gasteiger partial charge in [0.25, 0.3) is 0 Å². The van der Waals surface area contributed by atoms with E-state index in [0.717, 1.165) is 75.5 Å². The number of hydrogen-bond acceptors (Lipinski definition) is 6. The van der Waals surface area contributed by atoms with Gasteiger partial charge < -0.3 is 14.2 Å². The van der Waals surface area contributed by atoms with Gasteiger partial charge in [-0.25, -0.2) is 0 Å². The second kappa shape index (κ2) is 48.3. The molecule has 0 aromatic rings. The summed E-state index contributed by atoms with van der Waals surface area (Å²) in [6.45, 7) is 13.8. The topological polar surface area (TPSA) is 78.9 Å². The molecule has 0 aliphatic carbocycles. The van der Waals surface area contributed by atoms with E-state index < -0.39 is 6.10 Å². The van der Waals surface area contributed by atoms with Crippen LogP contribution < -0.4 is 0 Å². The zero-order chi connectivity index (χ0) is 46.3. The molecule has 0 spiro atoms. The first-order valence-electron chi connectivity index (χ1n) is 28.1. The van der Waals surface area contributed by atoms with Crippen molar-refractivity contribution < 1.29 is 28.6 Å². The van der Waals surface area contributed by atoms with E-state index in [1.807, 2.05) is 0 Å². The standard InChI is InChI=1S/C57H110O6/c1-7-53(6)45-39-33-27-23-24-29-35-41-47-56(59)62-50-54(63-57(60)48-42-36-30-22-18-14-16-20-26-32-38-44-52(4)5)49-61-55(58)46-40-34-28-21-17-13-11-9-8-10-12-15-19-25-31-37-43-51(2)3/h51-54H,7-50H2,1-6H3/t53?,54-/m0/s1. The number of esters is 3. The number of hydrogen-bond donors (Lipinski definition) is 0. The molecule has 0 bridgehead atoms. The van der Waals surface area contributed by atoms with E-state index in [-0.39, 0.29) is 31.1 Å². The Morgan fingerprint density at radius 3 is 0.825 bits per heavy atom. The molecule has 0 heterocycles. The second-order valence-electron chi connectivity index (χ2n) is 20.8. The van der Waals surface area contributed by atoms with Crippen molar-refractivity contribution in [3.05, 3.63) is 0 Å². The van der Waals surface area contributed by atoms with E-state index in [1.54, 1.807) is 0 Å². The maximum absolute atomic E-state index is 12.8. The van der Waals surface area contributed by atoms with Gasteiger partial charge in [0.15, 0.2) is 6.10 Å². The number of carbonyl (C=O) groups is 3. The van der Waals surface area contributed by atoms with Crippen LogP contribution >= 0.6 is 0 Å². The number of carbonyl (C=O) groups excluding carboxylic acids is 3. The molecule has 63 heavy (non-hydrogen) atoms. The van der Waals surface area contributed by atoms with Gasteiger partial charge in [-0.3, -0.25) is 14.4 Å². The summed E-state index contributed by atoms with van der Waals surface area (Å²) in [4.78, 5) is 38.1. The second-order valence-corrected chi connectivity index (χ2v) is 20.8. The van der Waals surface area contributed by atoms with Crippen molar-refractivity contribution in [1.82, 2.24) is 0 Å². The van der Waals surface area contributed by atoms with E-state index in [1.165, 1.54) is 193 Å². The summed E-state index contributed by atoms with van der Waals surface area (Å²) >= 11 is 0. The molecular formula is C57H110O6. The van der Waals surface area contributed by atoms with Crippen LogP contribution in [0.4, 0.5) is 0 Å². The van der Waals surface area contributed by atoms with Gasteiger partial charge in [-0.1, -0.05) is 273 Å².